The SMILES string of the molecule is CCOC(=O)c1ccc(-c2cc(CN[C@H](C)c3cccc4ccccc34)ccc2OC)cc1. The molecular weight excluding hydrogens is 410 g/mol. The van der Waals surface area contributed by atoms with Gasteiger partial charge < -0.3 is 14.8 Å². The third-order valence-electron chi connectivity index (χ3n) is 5.87. The van der Waals surface area contributed by atoms with E-state index in [9.17, 15) is 4.79 Å². The maximum absolute atomic E-state index is 12.0. The summed E-state index contributed by atoms with van der Waals surface area (Å²) in [6.45, 7) is 5.08. The van der Waals surface area contributed by atoms with E-state index >= 15 is 0 Å². The fourth-order valence-corrected chi connectivity index (χ4v) is 4.10. The van der Waals surface area contributed by atoms with Gasteiger partial charge in [-0.1, -0.05) is 60.7 Å². The van der Waals surface area contributed by atoms with Crippen molar-refractivity contribution in [2.45, 2.75) is 26.4 Å². The van der Waals surface area contributed by atoms with Gasteiger partial charge in [0.25, 0.3) is 0 Å². The van der Waals surface area contributed by atoms with E-state index in [2.05, 4.69) is 66.8 Å². The van der Waals surface area contributed by atoms with Crippen molar-refractivity contribution in [3.63, 3.8) is 0 Å². The minimum Gasteiger partial charge on any atom is -0.496 e. The largest absolute Gasteiger partial charge is 0.496 e. The molecule has 0 aliphatic heterocycles. The highest BCUT2D eigenvalue weighted by Gasteiger charge is 2.12. The van der Waals surface area contributed by atoms with Crippen LogP contribution in [0.1, 0.15) is 41.4 Å². The van der Waals surface area contributed by atoms with Gasteiger partial charge in [0, 0.05) is 18.2 Å². The van der Waals surface area contributed by atoms with Gasteiger partial charge >= 0.3 is 5.97 Å². The highest BCUT2D eigenvalue weighted by Crippen LogP contribution is 2.32. The lowest BCUT2D eigenvalue weighted by atomic mass is 9.98. The molecule has 0 unspecified atom stereocenters. The minimum absolute atomic E-state index is 0.200. The summed E-state index contributed by atoms with van der Waals surface area (Å²) in [5.41, 5.74) is 4.97. The van der Waals surface area contributed by atoms with Crippen LogP contribution in [0.2, 0.25) is 0 Å². The molecule has 4 nitrogen and oxygen atoms in total. The number of rotatable bonds is 8. The Hall–Kier alpha value is -3.63. The molecule has 0 aromatic heterocycles. The van der Waals surface area contributed by atoms with E-state index in [4.69, 9.17) is 9.47 Å². The van der Waals surface area contributed by atoms with Crippen molar-refractivity contribution < 1.29 is 14.3 Å². The lowest BCUT2D eigenvalue weighted by Crippen LogP contribution is -2.18. The first-order valence-electron chi connectivity index (χ1n) is 11.3. The van der Waals surface area contributed by atoms with Crippen molar-refractivity contribution in [1.29, 1.82) is 0 Å². The number of esters is 1. The first-order valence-corrected chi connectivity index (χ1v) is 11.3. The van der Waals surface area contributed by atoms with Gasteiger partial charge in [-0.15, -0.1) is 0 Å². The topological polar surface area (TPSA) is 47.6 Å². The molecule has 0 saturated carbocycles. The summed E-state index contributed by atoms with van der Waals surface area (Å²) in [5, 5.41) is 6.19. The van der Waals surface area contributed by atoms with Crippen molar-refractivity contribution in [1.82, 2.24) is 5.32 Å². The number of carbonyl (C=O) groups is 1. The molecule has 168 valence electrons. The van der Waals surface area contributed by atoms with Crippen molar-refractivity contribution in [2.24, 2.45) is 0 Å². The number of benzene rings is 4. The van der Waals surface area contributed by atoms with Crippen molar-refractivity contribution >= 4 is 16.7 Å². The van der Waals surface area contributed by atoms with Crippen LogP contribution in [-0.2, 0) is 11.3 Å². The lowest BCUT2D eigenvalue weighted by molar-refractivity contribution is 0.0526. The normalized spacial score (nSPS) is 11.8. The van der Waals surface area contributed by atoms with Gasteiger partial charge in [0.05, 0.1) is 19.3 Å². The molecule has 0 bridgehead atoms. The molecule has 0 fully saturated rings. The molecule has 0 aliphatic carbocycles. The standard InChI is InChI=1S/C29H29NO3/c1-4-33-29(31)24-15-13-23(14-16-24)27-18-21(12-17-28(27)32-3)19-30-20(2)25-11-7-9-22-8-5-6-10-26(22)25/h5-18,20,30H,4,19H2,1-3H3/t20-/m1/s1. The molecule has 0 radical (unpaired) electrons. The summed E-state index contributed by atoms with van der Waals surface area (Å²) in [6, 6.07) is 28.8. The maximum Gasteiger partial charge on any atom is 0.338 e. The third kappa shape index (κ3) is 5.07. The van der Waals surface area contributed by atoms with Gasteiger partial charge in [-0.05, 0) is 65.6 Å². The van der Waals surface area contributed by atoms with Crippen molar-refractivity contribution in [2.75, 3.05) is 13.7 Å². The summed E-state index contributed by atoms with van der Waals surface area (Å²) in [5.74, 6) is 0.487. The zero-order valence-electron chi connectivity index (χ0n) is 19.3. The average Bonchev–Trinajstić information content (AvgIpc) is 2.87. The quantitative estimate of drug-likeness (QED) is 0.317. The molecule has 4 aromatic rings. The average molecular weight is 440 g/mol. The highest BCUT2D eigenvalue weighted by atomic mass is 16.5. The Morgan fingerprint density at radius 2 is 1.70 bits per heavy atom. The van der Waals surface area contributed by atoms with Crippen molar-refractivity contribution in [3.8, 4) is 16.9 Å². The Labute approximate surface area is 195 Å². The van der Waals surface area contributed by atoms with E-state index in [1.165, 1.54) is 16.3 Å². The van der Waals surface area contributed by atoms with Gasteiger partial charge in [-0.3, -0.25) is 0 Å². The first kappa shape index (κ1) is 22.6. The smallest absolute Gasteiger partial charge is 0.338 e. The van der Waals surface area contributed by atoms with Crippen LogP contribution in [0, 0.1) is 0 Å². The predicted octanol–water partition coefficient (Wildman–Crippen LogP) is 6.54. The van der Waals surface area contributed by atoms with E-state index < -0.39 is 0 Å². The maximum atomic E-state index is 12.0. The van der Waals surface area contributed by atoms with E-state index in [1.54, 1.807) is 26.2 Å². The van der Waals surface area contributed by atoms with E-state index in [0.29, 0.717) is 12.2 Å². The van der Waals surface area contributed by atoms with Gasteiger partial charge in [0.2, 0.25) is 0 Å². The molecule has 0 spiro atoms. The number of nitrogens with one attached hydrogen (secondary N) is 1. The Morgan fingerprint density at radius 1 is 0.939 bits per heavy atom. The number of fused-ring (bicyclic) bond motifs is 1. The lowest BCUT2D eigenvalue weighted by Gasteiger charge is -2.18. The van der Waals surface area contributed by atoms with Crippen LogP contribution in [0.4, 0.5) is 0 Å². The second-order valence-corrected chi connectivity index (χ2v) is 8.00. The molecule has 0 saturated heterocycles. The molecule has 0 aliphatic rings. The fourth-order valence-electron chi connectivity index (χ4n) is 4.10. The molecule has 4 aromatic carbocycles. The summed E-state index contributed by atoms with van der Waals surface area (Å²) in [4.78, 5) is 12.0. The number of carbonyl (C=O) groups excluding carboxylic acids is 1. The van der Waals surface area contributed by atoms with Crippen LogP contribution in [0.25, 0.3) is 21.9 Å². The molecular formula is C29H29NO3. The summed E-state index contributed by atoms with van der Waals surface area (Å²) < 4.78 is 10.7. The van der Waals surface area contributed by atoms with Crippen LogP contribution >= 0.6 is 0 Å². The summed E-state index contributed by atoms with van der Waals surface area (Å²) in [6.07, 6.45) is 0. The van der Waals surface area contributed by atoms with Crippen LogP contribution in [0.3, 0.4) is 0 Å². The zero-order valence-corrected chi connectivity index (χ0v) is 19.3. The number of hydrogen-bond acceptors (Lipinski definition) is 4. The fraction of sp³-hybridized carbons (Fsp3) is 0.207. The van der Waals surface area contributed by atoms with Crippen LogP contribution in [-0.4, -0.2) is 19.7 Å². The van der Waals surface area contributed by atoms with Crippen LogP contribution in [0.5, 0.6) is 5.75 Å². The molecule has 0 amide bonds. The molecule has 1 N–H and O–H groups in total. The van der Waals surface area contributed by atoms with Gasteiger partial charge in [-0.25, -0.2) is 4.79 Å². The van der Waals surface area contributed by atoms with Crippen LogP contribution < -0.4 is 10.1 Å². The zero-order chi connectivity index (χ0) is 23.2. The molecule has 4 rings (SSSR count). The van der Waals surface area contributed by atoms with Gasteiger partial charge in [-0.2, -0.15) is 0 Å². The van der Waals surface area contributed by atoms with E-state index in [1.807, 2.05) is 18.2 Å². The second-order valence-electron chi connectivity index (χ2n) is 8.00. The van der Waals surface area contributed by atoms with Crippen molar-refractivity contribution in [3.05, 3.63) is 102 Å². The second kappa shape index (κ2) is 10.3. The number of hydrogen-bond donors (Lipinski definition) is 1. The molecule has 0 heterocycles. The molecule has 1 atom stereocenters. The van der Waals surface area contributed by atoms with Crippen LogP contribution in [0.15, 0.2) is 84.9 Å². The Kier molecular flexibility index (Phi) is 7.06. The highest BCUT2D eigenvalue weighted by molar-refractivity contribution is 5.90. The van der Waals surface area contributed by atoms with E-state index in [-0.39, 0.29) is 12.0 Å². The number of methoxy groups -OCH3 is 1. The number of ether oxygens (including phenoxy) is 2. The minimum atomic E-state index is -0.309. The summed E-state index contributed by atoms with van der Waals surface area (Å²) in [7, 11) is 1.67. The van der Waals surface area contributed by atoms with Gasteiger partial charge in [0.1, 0.15) is 5.75 Å². The Bertz CT molecular complexity index is 1240. The molecule has 4 heteroatoms. The monoisotopic (exact) mass is 439 g/mol. The van der Waals surface area contributed by atoms with E-state index in [0.717, 1.165) is 29.0 Å². The van der Waals surface area contributed by atoms with Gasteiger partial charge in [0.15, 0.2) is 0 Å². The third-order valence-corrected chi connectivity index (χ3v) is 5.87. The molecule has 33 heavy (non-hydrogen) atoms. The first-order chi connectivity index (χ1) is 16.1. The summed E-state index contributed by atoms with van der Waals surface area (Å²) >= 11 is 0. The Morgan fingerprint density at radius 3 is 2.45 bits per heavy atom. The predicted molar refractivity (Wildman–Crippen MR) is 134 cm³/mol. The Balaban J connectivity index is 1.54.